The van der Waals surface area contributed by atoms with Crippen LogP contribution in [0.1, 0.15) is 53.4 Å². The molecule has 0 aromatic heterocycles. The number of rotatable bonds is 4. The van der Waals surface area contributed by atoms with Crippen molar-refractivity contribution >= 4 is 5.97 Å². The Morgan fingerprint density at radius 2 is 2.10 bits per heavy atom. The van der Waals surface area contributed by atoms with Crippen LogP contribution in [0.5, 0.6) is 0 Å². The second-order valence-corrected chi connectivity index (χ2v) is 7.07. The summed E-state index contributed by atoms with van der Waals surface area (Å²) in [6, 6.07) is 0.993. The van der Waals surface area contributed by atoms with Gasteiger partial charge in [-0.2, -0.15) is 0 Å². The number of nitrogens with zero attached hydrogens (tertiary/aromatic N) is 1. The highest BCUT2D eigenvalue weighted by Crippen LogP contribution is 2.38. The number of aliphatic carboxylic acids is 1. The first-order valence-corrected chi connectivity index (χ1v) is 8.13. The standard InChI is InChI=1S/C16H30N2O2/c1-5-17-16(15(19)20)7-6-14(9-16)18-10-11(2)8-12(3)13(18)4/h11-14,17H,5-10H2,1-4H3,(H,19,20). The topological polar surface area (TPSA) is 52.6 Å². The normalized spacial score (nSPS) is 42.8. The third-order valence-corrected chi connectivity index (χ3v) is 5.53. The van der Waals surface area contributed by atoms with Gasteiger partial charge in [0.05, 0.1) is 0 Å². The number of carboxylic acids is 1. The van der Waals surface area contributed by atoms with Gasteiger partial charge in [-0.1, -0.05) is 20.8 Å². The Labute approximate surface area is 122 Å². The van der Waals surface area contributed by atoms with Gasteiger partial charge in [0.2, 0.25) is 0 Å². The summed E-state index contributed by atoms with van der Waals surface area (Å²) in [7, 11) is 0. The van der Waals surface area contributed by atoms with Crippen LogP contribution in [0.4, 0.5) is 0 Å². The van der Waals surface area contributed by atoms with E-state index in [0.29, 0.717) is 18.0 Å². The molecule has 5 unspecified atom stereocenters. The molecule has 4 heteroatoms. The lowest BCUT2D eigenvalue weighted by Crippen LogP contribution is -2.54. The van der Waals surface area contributed by atoms with E-state index in [-0.39, 0.29) is 0 Å². The largest absolute Gasteiger partial charge is 0.480 e. The molecule has 2 N–H and O–H groups in total. The number of carboxylic acid groups (broad SMARTS) is 1. The van der Waals surface area contributed by atoms with Crippen molar-refractivity contribution in [1.82, 2.24) is 10.2 Å². The Morgan fingerprint density at radius 1 is 1.40 bits per heavy atom. The lowest BCUT2D eigenvalue weighted by molar-refractivity contribution is -0.144. The van der Waals surface area contributed by atoms with Crippen LogP contribution in [0.2, 0.25) is 0 Å². The average Bonchev–Trinajstić information content (AvgIpc) is 2.80. The van der Waals surface area contributed by atoms with Crippen LogP contribution in [0.3, 0.4) is 0 Å². The molecule has 2 fully saturated rings. The molecule has 0 aromatic carbocycles. The Morgan fingerprint density at radius 3 is 2.70 bits per heavy atom. The van der Waals surface area contributed by atoms with Crippen molar-refractivity contribution in [2.24, 2.45) is 11.8 Å². The first kappa shape index (κ1) is 15.8. The Hall–Kier alpha value is -0.610. The summed E-state index contributed by atoms with van der Waals surface area (Å²) in [6.07, 6.45) is 3.80. The zero-order valence-electron chi connectivity index (χ0n) is 13.4. The molecule has 1 saturated carbocycles. The van der Waals surface area contributed by atoms with Gasteiger partial charge in [0.1, 0.15) is 5.54 Å². The number of piperidine rings is 1. The lowest BCUT2D eigenvalue weighted by atomic mass is 9.84. The van der Waals surface area contributed by atoms with Crippen LogP contribution in [0, 0.1) is 11.8 Å². The summed E-state index contributed by atoms with van der Waals surface area (Å²) in [5, 5.41) is 12.8. The highest BCUT2D eigenvalue weighted by molar-refractivity contribution is 5.79. The molecule has 5 atom stereocenters. The molecule has 20 heavy (non-hydrogen) atoms. The third kappa shape index (κ3) is 2.86. The quantitative estimate of drug-likeness (QED) is 0.831. The van der Waals surface area contributed by atoms with Crippen LogP contribution in [-0.4, -0.2) is 46.7 Å². The highest BCUT2D eigenvalue weighted by Gasteiger charge is 2.48. The van der Waals surface area contributed by atoms with Crippen molar-refractivity contribution in [2.75, 3.05) is 13.1 Å². The molecule has 0 radical (unpaired) electrons. The van der Waals surface area contributed by atoms with E-state index in [4.69, 9.17) is 0 Å². The minimum atomic E-state index is -0.691. The third-order valence-electron chi connectivity index (χ3n) is 5.53. The van der Waals surface area contributed by atoms with E-state index in [9.17, 15) is 9.90 Å². The molecule has 1 heterocycles. The summed E-state index contributed by atoms with van der Waals surface area (Å²) >= 11 is 0. The molecule has 116 valence electrons. The lowest BCUT2D eigenvalue weighted by Gasteiger charge is -2.44. The Balaban J connectivity index is 2.09. The van der Waals surface area contributed by atoms with Gasteiger partial charge < -0.3 is 10.4 Å². The van der Waals surface area contributed by atoms with Crippen LogP contribution >= 0.6 is 0 Å². The van der Waals surface area contributed by atoms with E-state index in [0.717, 1.165) is 38.3 Å². The molecule has 0 aromatic rings. The fraction of sp³-hybridized carbons (Fsp3) is 0.938. The molecular formula is C16H30N2O2. The van der Waals surface area contributed by atoms with Gasteiger partial charge in [0.15, 0.2) is 0 Å². The van der Waals surface area contributed by atoms with Crippen LogP contribution < -0.4 is 5.32 Å². The molecule has 1 aliphatic carbocycles. The number of likely N-dealkylation sites (N-methyl/N-ethyl adjacent to an activating group) is 1. The fourth-order valence-corrected chi connectivity index (χ4v) is 4.31. The summed E-state index contributed by atoms with van der Waals surface area (Å²) in [5.74, 6) is 0.755. The zero-order valence-corrected chi connectivity index (χ0v) is 13.4. The van der Waals surface area contributed by atoms with E-state index >= 15 is 0 Å². The summed E-state index contributed by atoms with van der Waals surface area (Å²) in [6.45, 7) is 10.8. The maximum Gasteiger partial charge on any atom is 0.323 e. The van der Waals surface area contributed by atoms with E-state index in [1.807, 2.05) is 6.92 Å². The first-order valence-electron chi connectivity index (χ1n) is 8.13. The van der Waals surface area contributed by atoms with Gasteiger partial charge in [-0.05, 0) is 51.0 Å². The highest BCUT2D eigenvalue weighted by atomic mass is 16.4. The number of nitrogens with one attached hydrogen (secondary N) is 1. The van der Waals surface area contributed by atoms with Gasteiger partial charge >= 0.3 is 5.97 Å². The SMILES string of the molecule is CCNC1(C(=O)O)CCC(N2CC(C)CC(C)C2C)C1. The van der Waals surface area contributed by atoms with E-state index in [1.165, 1.54) is 6.42 Å². The molecule has 2 aliphatic rings. The summed E-state index contributed by atoms with van der Waals surface area (Å²) in [5.41, 5.74) is -0.691. The predicted octanol–water partition coefficient (Wildman–Crippen LogP) is 2.34. The van der Waals surface area contributed by atoms with Crippen molar-refractivity contribution in [3.8, 4) is 0 Å². The summed E-state index contributed by atoms with van der Waals surface area (Å²) < 4.78 is 0. The molecule has 4 nitrogen and oxygen atoms in total. The number of hydrogen-bond donors (Lipinski definition) is 2. The predicted molar refractivity (Wildman–Crippen MR) is 80.8 cm³/mol. The molecule has 2 rings (SSSR count). The maximum absolute atomic E-state index is 11.7. The van der Waals surface area contributed by atoms with Crippen molar-refractivity contribution in [2.45, 2.75) is 71.0 Å². The van der Waals surface area contributed by atoms with E-state index in [1.54, 1.807) is 0 Å². The summed E-state index contributed by atoms with van der Waals surface area (Å²) in [4.78, 5) is 14.3. The Bertz CT molecular complexity index is 360. The van der Waals surface area contributed by atoms with Gasteiger partial charge in [-0.25, -0.2) is 0 Å². The van der Waals surface area contributed by atoms with E-state index in [2.05, 4.69) is 31.0 Å². The molecule has 0 amide bonds. The zero-order chi connectivity index (χ0) is 14.9. The molecule has 0 bridgehead atoms. The van der Waals surface area contributed by atoms with Crippen LogP contribution in [-0.2, 0) is 4.79 Å². The van der Waals surface area contributed by atoms with E-state index < -0.39 is 11.5 Å². The second-order valence-electron chi connectivity index (χ2n) is 7.07. The smallest absolute Gasteiger partial charge is 0.323 e. The van der Waals surface area contributed by atoms with Gasteiger partial charge in [-0.15, -0.1) is 0 Å². The van der Waals surface area contributed by atoms with Crippen molar-refractivity contribution in [3.63, 3.8) is 0 Å². The van der Waals surface area contributed by atoms with Crippen molar-refractivity contribution < 1.29 is 9.90 Å². The number of likely N-dealkylation sites (tertiary alicyclic amines) is 1. The van der Waals surface area contributed by atoms with Crippen molar-refractivity contribution in [3.05, 3.63) is 0 Å². The second kappa shape index (κ2) is 6.02. The van der Waals surface area contributed by atoms with Crippen LogP contribution in [0.25, 0.3) is 0 Å². The maximum atomic E-state index is 11.7. The minimum absolute atomic E-state index is 0.422. The molecular weight excluding hydrogens is 252 g/mol. The molecule has 1 aliphatic heterocycles. The van der Waals surface area contributed by atoms with Gasteiger partial charge in [0.25, 0.3) is 0 Å². The van der Waals surface area contributed by atoms with Crippen LogP contribution in [0.15, 0.2) is 0 Å². The van der Waals surface area contributed by atoms with Crippen molar-refractivity contribution in [1.29, 1.82) is 0 Å². The Kier molecular flexibility index (Phi) is 4.75. The monoisotopic (exact) mass is 282 g/mol. The number of hydrogen-bond acceptors (Lipinski definition) is 3. The molecule has 1 saturated heterocycles. The average molecular weight is 282 g/mol. The minimum Gasteiger partial charge on any atom is -0.480 e. The fourth-order valence-electron chi connectivity index (χ4n) is 4.31. The first-order chi connectivity index (χ1) is 9.39. The van der Waals surface area contributed by atoms with Gasteiger partial charge in [0, 0.05) is 18.6 Å². The molecule has 0 spiro atoms. The van der Waals surface area contributed by atoms with Gasteiger partial charge in [-0.3, -0.25) is 9.69 Å². The number of carbonyl (C=O) groups is 1.